The molecule has 0 radical (unpaired) electrons. The van der Waals surface area contributed by atoms with E-state index >= 15 is 0 Å². The minimum absolute atomic E-state index is 1.13. The van der Waals surface area contributed by atoms with E-state index in [1.807, 2.05) is 22.1 Å². The predicted molar refractivity (Wildman–Crippen MR) is 73.4 cm³/mol. The third-order valence-corrected chi connectivity index (χ3v) is 3.52. The Morgan fingerprint density at radius 3 is 2.12 bits per heavy atom. The van der Waals surface area contributed by atoms with E-state index in [1.165, 1.54) is 11.1 Å². The van der Waals surface area contributed by atoms with Crippen LogP contribution in [0.4, 0.5) is 11.4 Å². The van der Waals surface area contributed by atoms with Crippen molar-refractivity contribution in [2.75, 3.05) is 3.93 Å². The van der Waals surface area contributed by atoms with Crippen molar-refractivity contribution in [1.82, 2.24) is 0 Å². The van der Waals surface area contributed by atoms with Gasteiger partial charge in [-0.2, -0.15) is 0 Å². The van der Waals surface area contributed by atoms with E-state index in [0.717, 1.165) is 11.4 Å². The summed E-state index contributed by atoms with van der Waals surface area (Å²) in [4.78, 5) is 0. The van der Waals surface area contributed by atoms with Gasteiger partial charge in [0.05, 0.1) is 27.5 Å². The van der Waals surface area contributed by atoms with Crippen molar-refractivity contribution < 1.29 is 0 Å². The summed E-state index contributed by atoms with van der Waals surface area (Å²) in [6.45, 7) is 4.25. The van der Waals surface area contributed by atoms with Crippen molar-refractivity contribution in [3.63, 3.8) is 0 Å². The summed E-state index contributed by atoms with van der Waals surface area (Å²) in [5.74, 6) is 0. The fourth-order valence-electron chi connectivity index (χ4n) is 1.56. The molecule has 0 heterocycles. The van der Waals surface area contributed by atoms with Crippen LogP contribution in [0.1, 0.15) is 11.1 Å². The predicted octanol–water partition coefficient (Wildman–Crippen LogP) is 4.75. The van der Waals surface area contributed by atoms with E-state index in [2.05, 4.69) is 60.3 Å². The quantitative estimate of drug-likeness (QED) is 0.715. The highest BCUT2D eigenvalue weighted by atomic mass is 79.9. The first-order chi connectivity index (χ1) is 7.68. The molecule has 0 N–H and O–H groups in total. The Hall–Kier alpha value is -1.28. The maximum absolute atomic E-state index is 3.59. The topological polar surface area (TPSA) is 3.24 Å². The molecule has 0 saturated carbocycles. The van der Waals surface area contributed by atoms with Crippen molar-refractivity contribution in [3.05, 3.63) is 59.7 Å². The first-order valence-electron chi connectivity index (χ1n) is 5.26. The highest BCUT2D eigenvalue weighted by Gasteiger charge is 2.05. The summed E-state index contributed by atoms with van der Waals surface area (Å²) in [6, 6.07) is 16.7. The summed E-state index contributed by atoms with van der Waals surface area (Å²) in [5, 5.41) is 0. The molecule has 0 spiro atoms. The highest BCUT2D eigenvalue weighted by molar-refractivity contribution is 9.10. The highest BCUT2D eigenvalue weighted by Crippen LogP contribution is 2.29. The molecule has 82 valence electrons. The Morgan fingerprint density at radius 2 is 1.50 bits per heavy atom. The van der Waals surface area contributed by atoms with E-state index in [4.69, 9.17) is 0 Å². The molecule has 0 aromatic heterocycles. The van der Waals surface area contributed by atoms with Gasteiger partial charge in [-0.1, -0.05) is 24.3 Å². The van der Waals surface area contributed by atoms with Gasteiger partial charge in [-0.25, -0.2) is 0 Å². The fraction of sp³-hybridized carbons (Fsp3) is 0.143. The lowest BCUT2D eigenvalue weighted by Gasteiger charge is -2.17. The molecule has 0 aliphatic heterocycles. The van der Waals surface area contributed by atoms with E-state index < -0.39 is 0 Å². The number of aryl methyl sites for hydroxylation is 2. The molecule has 0 amide bonds. The summed E-state index contributed by atoms with van der Waals surface area (Å²) < 4.78 is 2.01. The average molecular weight is 276 g/mol. The lowest BCUT2D eigenvalue weighted by Crippen LogP contribution is -2.01. The van der Waals surface area contributed by atoms with Crippen LogP contribution in [0.2, 0.25) is 0 Å². The number of rotatable bonds is 2. The number of benzene rings is 2. The monoisotopic (exact) mass is 275 g/mol. The molecule has 0 atom stereocenters. The third kappa shape index (κ3) is 2.27. The van der Waals surface area contributed by atoms with Crippen LogP contribution in [-0.2, 0) is 0 Å². The van der Waals surface area contributed by atoms with Gasteiger partial charge in [0.25, 0.3) is 0 Å². The summed E-state index contributed by atoms with van der Waals surface area (Å²) in [5.41, 5.74) is 4.90. The van der Waals surface area contributed by atoms with Crippen LogP contribution in [0.3, 0.4) is 0 Å². The molecule has 0 saturated heterocycles. The van der Waals surface area contributed by atoms with Gasteiger partial charge in [0.15, 0.2) is 0 Å². The lowest BCUT2D eigenvalue weighted by atomic mass is 10.1. The molecule has 0 aliphatic rings. The van der Waals surface area contributed by atoms with Gasteiger partial charge in [0.2, 0.25) is 0 Å². The van der Waals surface area contributed by atoms with Crippen molar-refractivity contribution in [3.8, 4) is 0 Å². The molecule has 1 nitrogen and oxygen atoms in total. The Balaban J connectivity index is 2.34. The van der Waals surface area contributed by atoms with Gasteiger partial charge in [-0.15, -0.1) is 0 Å². The second-order valence-corrected chi connectivity index (χ2v) is 4.59. The van der Waals surface area contributed by atoms with Crippen LogP contribution in [0, 0.1) is 13.8 Å². The lowest BCUT2D eigenvalue weighted by molar-refractivity contribution is 1.32. The second-order valence-electron chi connectivity index (χ2n) is 3.88. The molecule has 2 aromatic rings. The number of hydrogen-bond donors (Lipinski definition) is 0. The SMILES string of the molecule is Cc1ccc(N(Br)c2ccccc2)cc1C. The van der Waals surface area contributed by atoms with Gasteiger partial charge >= 0.3 is 0 Å². The summed E-state index contributed by atoms with van der Waals surface area (Å²) in [6.07, 6.45) is 0. The number of hydrogen-bond acceptors (Lipinski definition) is 1. The normalized spacial score (nSPS) is 10.2. The van der Waals surface area contributed by atoms with E-state index in [-0.39, 0.29) is 0 Å². The Kier molecular flexibility index (Phi) is 3.30. The largest absolute Gasteiger partial charge is 0.277 e. The van der Waals surface area contributed by atoms with Gasteiger partial charge in [0, 0.05) is 0 Å². The maximum atomic E-state index is 3.59. The fourth-order valence-corrected chi connectivity index (χ4v) is 2.01. The minimum atomic E-state index is 1.13. The maximum Gasteiger partial charge on any atom is 0.0551 e. The zero-order valence-electron chi connectivity index (χ0n) is 9.44. The van der Waals surface area contributed by atoms with Crippen molar-refractivity contribution in [2.24, 2.45) is 0 Å². The molecule has 0 bridgehead atoms. The summed E-state index contributed by atoms with van der Waals surface area (Å²) in [7, 11) is 0. The smallest absolute Gasteiger partial charge is 0.0551 e. The number of nitrogens with zero attached hydrogens (tertiary/aromatic N) is 1. The third-order valence-electron chi connectivity index (χ3n) is 2.70. The van der Waals surface area contributed by atoms with Crippen molar-refractivity contribution in [1.29, 1.82) is 0 Å². The Bertz CT molecular complexity index is 479. The van der Waals surface area contributed by atoms with Crippen LogP contribution in [0.5, 0.6) is 0 Å². The molecule has 2 aromatic carbocycles. The minimum Gasteiger partial charge on any atom is -0.277 e. The molecule has 2 rings (SSSR count). The van der Waals surface area contributed by atoms with Crippen LogP contribution >= 0.6 is 16.1 Å². The first-order valence-corrected chi connectivity index (χ1v) is 5.97. The zero-order chi connectivity index (χ0) is 11.5. The zero-order valence-corrected chi connectivity index (χ0v) is 11.0. The van der Waals surface area contributed by atoms with E-state index in [9.17, 15) is 0 Å². The number of para-hydroxylation sites is 1. The number of halogens is 1. The van der Waals surface area contributed by atoms with Gasteiger partial charge < -0.3 is 0 Å². The standard InChI is InChI=1S/C14H14BrN/c1-11-8-9-14(10-12(11)2)16(15)13-6-4-3-5-7-13/h3-10H,1-2H3. The van der Waals surface area contributed by atoms with E-state index in [1.54, 1.807) is 0 Å². The average Bonchev–Trinajstić information content (AvgIpc) is 2.33. The Labute approximate surface area is 105 Å². The number of anilines is 2. The molecule has 2 heteroatoms. The van der Waals surface area contributed by atoms with Gasteiger partial charge in [-0.3, -0.25) is 3.93 Å². The van der Waals surface area contributed by atoms with Crippen molar-refractivity contribution in [2.45, 2.75) is 13.8 Å². The second kappa shape index (κ2) is 4.71. The molecular weight excluding hydrogens is 262 g/mol. The van der Waals surface area contributed by atoms with Crippen LogP contribution < -0.4 is 3.93 Å². The molecule has 16 heavy (non-hydrogen) atoms. The molecule has 0 aliphatic carbocycles. The molecule has 0 unspecified atom stereocenters. The summed E-state index contributed by atoms with van der Waals surface area (Å²) >= 11 is 3.59. The van der Waals surface area contributed by atoms with Gasteiger partial charge in [0.1, 0.15) is 0 Å². The van der Waals surface area contributed by atoms with Crippen LogP contribution in [0.25, 0.3) is 0 Å². The van der Waals surface area contributed by atoms with Crippen molar-refractivity contribution >= 4 is 27.5 Å². The van der Waals surface area contributed by atoms with E-state index in [0.29, 0.717) is 0 Å². The molecule has 0 fully saturated rings. The van der Waals surface area contributed by atoms with Crippen LogP contribution in [-0.4, -0.2) is 0 Å². The van der Waals surface area contributed by atoms with Gasteiger partial charge in [-0.05, 0) is 49.2 Å². The molecular formula is C14H14BrN. The van der Waals surface area contributed by atoms with Crippen LogP contribution in [0.15, 0.2) is 48.5 Å². The Morgan fingerprint density at radius 1 is 0.812 bits per heavy atom. The first kappa shape index (κ1) is 11.2.